The van der Waals surface area contributed by atoms with Crippen LogP contribution in [0.4, 0.5) is 5.69 Å². The lowest BCUT2D eigenvalue weighted by atomic mass is 9.95. The van der Waals surface area contributed by atoms with E-state index in [2.05, 4.69) is 26.6 Å². The van der Waals surface area contributed by atoms with Gasteiger partial charge >= 0.3 is 0 Å². The van der Waals surface area contributed by atoms with Crippen LogP contribution in [0.15, 0.2) is 41.5 Å². The third-order valence-electron chi connectivity index (χ3n) is 7.01. The van der Waals surface area contributed by atoms with Crippen LogP contribution in [0.25, 0.3) is 0 Å². The molecule has 3 aliphatic rings. The summed E-state index contributed by atoms with van der Waals surface area (Å²) in [6, 6.07) is 9.48. The van der Waals surface area contributed by atoms with Gasteiger partial charge in [-0.2, -0.15) is 5.26 Å². The van der Waals surface area contributed by atoms with Crippen molar-refractivity contribution in [3.05, 3.63) is 42.1 Å². The Balaban J connectivity index is 1.25. The summed E-state index contributed by atoms with van der Waals surface area (Å²) in [5, 5.41) is 36.0. The summed E-state index contributed by atoms with van der Waals surface area (Å²) in [6.07, 6.45) is 4.31. The van der Waals surface area contributed by atoms with E-state index in [9.17, 15) is 25.1 Å². The summed E-state index contributed by atoms with van der Waals surface area (Å²) in [5.74, 6) is -1.21. The van der Waals surface area contributed by atoms with Crippen molar-refractivity contribution in [2.45, 2.75) is 50.1 Å². The minimum Gasteiger partial charge on any atom is -0.380 e. The van der Waals surface area contributed by atoms with Gasteiger partial charge in [0.15, 0.2) is 12.2 Å². The fourth-order valence-corrected chi connectivity index (χ4v) is 5.01. The van der Waals surface area contributed by atoms with Crippen molar-refractivity contribution >= 4 is 23.7 Å². The lowest BCUT2D eigenvalue weighted by Crippen LogP contribution is -2.55. The fraction of sp³-hybridized carbons (Fsp3) is 0.520. The summed E-state index contributed by atoms with van der Waals surface area (Å²) in [5.41, 5.74) is 1.56. The number of allylic oxidation sites excluding steroid dienone is 1. The lowest BCUT2D eigenvalue weighted by molar-refractivity contribution is -0.154. The Morgan fingerprint density at radius 1 is 1.17 bits per heavy atom. The summed E-state index contributed by atoms with van der Waals surface area (Å²) < 4.78 is 0. The Morgan fingerprint density at radius 2 is 1.94 bits per heavy atom. The van der Waals surface area contributed by atoms with Crippen molar-refractivity contribution in [3.63, 3.8) is 0 Å². The molecule has 186 valence electrons. The highest BCUT2D eigenvalue weighted by molar-refractivity contribution is 5.91. The van der Waals surface area contributed by atoms with E-state index in [1.54, 1.807) is 24.6 Å². The smallest absolute Gasteiger partial charge is 0.255 e. The number of carbonyl (C=O) groups excluding carboxylic acids is 2. The minimum absolute atomic E-state index is 0.204. The van der Waals surface area contributed by atoms with Gasteiger partial charge in [-0.3, -0.25) is 14.6 Å². The van der Waals surface area contributed by atoms with Gasteiger partial charge in [0.1, 0.15) is 12.2 Å². The molecule has 4 N–H and O–H groups in total. The second-order valence-electron chi connectivity index (χ2n) is 9.20. The maximum absolute atomic E-state index is 12.9. The first kappa shape index (κ1) is 24.7. The molecule has 35 heavy (non-hydrogen) atoms. The number of nitriles is 1. The van der Waals surface area contributed by atoms with Crippen LogP contribution in [-0.4, -0.2) is 83.7 Å². The topological polar surface area (TPSA) is 141 Å². The number of amides is 2. The van der Waals surface area contributed by atoms with Gasteiger partial charge in [0.2, 0.25) is 0 Å². The normalized spacial score (nSPS) is 23.9. The van der Waals surface area contributed by atoms with E-state index in [0.717, 1.165) is 44.5 Å². The number of nitrogens with one attached hydrogen (secondary N) is 2. The molecule has 0 radical (unpaired) electrons. The number of hydrogen-bond acceptors (Lipinski definition) is 8. The van der Waals surface area contributed by atoms with Gasteiger partial charge in [-0.25, -0.2) is 0 Å². The molecular formula is C25H32N6O4. The summed E-state index contributed by atoms with van der Waals surface area (Å²) in [7, 11) is 0. The number of aliphatic imine (C=N–C) groups is 1. The zero-order valence-corrected chi connectivity index (χ0v) is 19.6. The highest BCUT2D eigenvalue weighted by atomic mass is 16.3. The number of aliphatic hydroxyl groups excluding tert-OH is 2. The number of anilines is 1. The van der Waals surface area contributed by atoms with Crippen LogP contribution in [0.5, 0.6) is 0 Å². The first-order chi connectivity index (χ1) is 17.0. The highest BCUT2D eigenvalue weighted by Gasteiger charge is 2.40. The molecule has 4 rings (SSSR count). The number of carbonyl (C=O) groups is 2. The monoisotopic (exact) mass is 480 g/mol. The molecule has 4 atom stereocenters. The molecule has 1 aromatic carbocycles. The molecule has 3 heterocycles. The van der Waals surface area contributed by atoms with Crippen molar-refractivity contribution in [1.29, 1.82) is 5.26 Å². The molecular weight excluding hydrogens is 448 g/mol. The fourth-order valence-electron chi connectivity index (χ4n) is 5.01. The van der Waals surface area contributed by atoms with Crippen molar-refractivity contribution in [1.82, 2.24) is 15.5 Å². The number of likely N-dealkylation sites (tertiary alicyclic amines) is 1. The first-order valence-corrected chi connectivity index (χ1v) is 12.1. The Kier molecular flexibility index (Phi) is 8.00. The Hall–Kier alpha value is -3.42. The zero-order valence-electron chi connectivity index (χ0n) is 19.6. The molecule has 0 aliphatic carbocycles. The quantitative estimate of drug-likeness (QED) is 0.434. The van der Waals surface area contributed by atoms with Crippen molar-refractivity contribution in [3.8, 4) is 6.07 Å². The zero-order chi connectivity index (χ0) is 24.8. The number of hydrogen-bond donors (Lipinski definition) is 4. The summed E-state index contributed by atoms with van der Waals surface area (Å²) in [4.78, 5) is 33.4. The van der Waals surface area contributed by atoms with Crippen molar-refractivity contribution < 1.29 is 19.8 Å². The molecule has 10 nitrogen and oxygen atoms in total. The average Bonchev–Trinajstić information content (AvgIpc) is 3.41. The number of piperidine rings is 1. The molecule has 1 aromatic rings. The Morgan fingerprint density at radius 3 is 2.66 bits per heavy atom. The molecule has 10 heteroatoms. The van der Waals surface area contributed by atoms with Crippen LogP contribution in [0, 0.1) is 17.2 Å². The minimum atomic E-state index is -1.84. The van der Waals surface area contributed by atoms with Crippen LogP contribution < -0.4 is 15.5 Å². The van der Waals surface area contributed by atoms with E-state index in [1.807, 2.05) is 18.2 Å². The van der Waals surface area contributed by atoms with Gasteiger partial charge in [0.25, 0.3) is 11.8 Å². The SMILES string of the molecule is N#Cc1ccccc1N1CCC(CNC(=O)[C@H](O)[C@@H](O)C(=O)N2CCC[C@@H]2C2N=CC=CN2)CC1. The third-order valence-corrected chi connectivity index (χ3v) is 7.01. The van der Waals surface area contributed by atoms with Gasteiger partial charge in [-0.15, -0.1) is 0 Å². The molecule has 0 spiro atoms. The summed E-state index contributed by atoms with van der Waals surface area (Å²) in [6.45, 7) is 2.31. The average molecular weight is 481 g/mol. The molecule has 0 saturated carbocycles. The first-order valence-electron chi connectivity index (χ1n) is 12.1. The molecule has 2 fully saturated rings. The largest absolute Gasteiger partial charge is 0.380 e. The van der Waals surface area contributed by atoms with E-state index in [1.165, 1.54) is 4.90 Å². The highest BCUT2D eigenvalue weighted by Crippen LogP contribution is 2.26. The van der Waals surface area contributed by atoms with Crippen molar-refractivity contribution in [2.75, 3.05) is 31.1 Å². The van der Waals surface area contributed by atoms with E-state index < -0.39 is 24.0 Å². The number of rotatable bonds is 7. The predicted molar refractivity (Wildman–Crippen MR) is 130 cm³/mol. The van der Waals surface area contributed by atoms with E-state index in [0.29, 0.717) is 18.7 Å². The van der Waals surface area contributed by atoms with Crippen LogP contribution in [0.2, 0.25) is 0 Å². The molecule has 1 unspecified atom stereocenters. The lowest BCUT2D eigenvalue weighted by Gasteiger charge is -2.34. The second-order valence-corrected chi connectivity index (χ2v) is 9.20. The van der Waals surface area contributed by atoms with Gasteiger partial charge < -0.3 is 30.6 Å². The molecule has 0 aromatic heterocycles. The summed E-state index contributed by atoms with van der Waals surface area (Å²) >= 11 is 0. The second kappa shape index (κ2) is 11.3. The molecule has 2 saturated heterocycles. The van der Waals surface area contributed by atoms with Gasteiger partial charge in [0, 0.05) is 32.4 Å². The molecule has 3 aliphatic heterocycles. The van der Waals surface area contributed by atoms with Crippen LogP contribution in [0.3, 0.4) is 0 Å². The standard InChI is InChI=1S/C25H32N6O4/c26-15-18-5-1-2-6-19(18)30-13-8-17(9-14-30)16-29-24(34)21(32)22(33)25(35)31-12-3-7-20(31)23-27-10-4-11-28-23/h1-2,4-6,10-11,17,20-23,27,32-33H,3,7-9,12-14,16H2,(H,29,34)/t20-,21-,22-,23?/m1/s1. The van der Waals surface area contributed by atoms with Crippen LogP contribution in [0.1, 0.15) is 31.2 Å². The van der Waals surface area contributed by atoms with Gasteiger partial charge in [-0.1, -0.05) is 12.1 Å². The van der Waals surface area contributed by atoms with E-state index in [4.69, 9.17) is 0 Å². The predicted octanol–water partition coefficient (Wildman–Crippen LogP) is 0.117. The molecule has 0 bridgehead atoms. The Bertz CT molecular complexity index is 1010. The third kappa shape index (κ3) is 5.63. The number of benzene rings is 1. The number of nitrogens with zero attached hydrogens (tertiary/aromatic N) is 4. The molecule has 2 amide bonds. The van der Waals surface area contributed by atoms with Crippen molar-refractivity contribution in [2.24, 2.45) is 10.9 Å². The Labute approximate surface area is 204 Å². The van der Waals surface area contributed by atoms with Gasteiger partial charge in [0.05, 0.1) is 17.3 Å². The van der Waals surface area contributed by atoms with E-state index in [-0.39, 0.29) is 18.1 Å². The van der Waals surface area contributed by atoms with Gasteiger partial charge in [-0.05, 0) is 56.0 Å². The number of para-hydroxylation sites is 1. The number of aliphatic hydroxyl groups is 2. The van der Waals surface area contributed by atoms with Crippen LogP contribution >= 0.6 is 0 Å². The van der Waals surface area contributed by atoms with E-state index >= 15 is 0 Å². The maximum atomic E-state index is 12.9. The van der Waals surface area contributed by atoms with Crippen LogP contribution in [-0.2, 0) is 9.59 Å². The maximum Gasteiger partial charge on any atom is 0.255 e.